The number of aliphatic hydroxyl groups excluding tert-OH is 1. The fourth-order valence-corrected chi connectivity index (χ4v) is 2.39. The third-order valence-electron chi connectivity index (χ3n) is 3.34. The maximum absolute atomic E-state index is 13.4. The summed E-state index contributed by atoms with van der Waals surface area (Å²) in [6, 6.07) is 4.10. The molecule has 3 rings (SSSR count). The van der Waals surface area contributed by atoms with Gasteiger partial charge in [-0.25, -0.2) is 14.2 Å². The summed E-state index contributed by atoms with van der Waals surface area (Å²) in [4.78, 5) is 16.0. The van der Waals surface area contributed by atoms with E-state index in [1.54, 1.807) is 17.6 Å². The molecule has 1 aliphatic rings. The lowest BCUT2D eigenvalue weighted by Crippen LogP contribution is -2.20. The summed E-state index contributed by atoms with van der Waals surface area (Å²) < 4.78 is 20.0. The molecule has 0 spiro atoms. The molecule has 1 atom stereocenters. The standard InChI is InChI=1S/C14H14FN3O3/c1-2-21-14(20)12-11-6-16-13(19)9-5-8(15)3-4-10(9)18(11)7-17-12/h3-5,7,13,16,19H,2,6H2,1H3. The van der Waals surface area contributed by atoms with Crippen LogP contribution in [0.4, 0.5) is 4.39 Å². The number of carbonyl (C=O) groups excluding carboxylic acids is 1. The van der Waals surface area contributed by atoms with Crippen LogP contribution in [0.2, 0.25) is 0 Å². The SMILES string of the molecule is CCOC(=O)c1ncn2c1CNC(O)c1cc(F)ccc1-2. The molecule has 1 unspecified atom stereocenters. The van der Waals surface area contributed by atoms with Gasteiger partial charge in [-0.05, 0) is 25.1 Å². The molecule has 1 aliphatic heterocycles. The van der Waals surface area contributed by atoms with Crippen molar-refractivity contribution in [3.05, 3.63) is 47.3 Å². The highest BCUT2D eigenvalue weighted by Gasteiger charge is 2.26. The molecule has 0 radical (unpaired) electrons. The summed E-state index contributed by atoms with van der Waals surface area (Å²) >= 11 is 0. The molecule has 2 heterocycles. The number of fused-ring (bicyclic) bond motifs is 3. The van der Waals surface area contributed by atoms with Gasteiger partial charge in [-0.1, -0.05) is 0 Å². The van der Waals surface area contributed by atoms with Crippen molar-refractivity contribution in [3.63, 3.8) is 0 Å². The van der Waals surface area contributed by atoms with E-state index in [4.69, 9.17) is 4.74 Å². The van der Waals surface area contributed by atoms with E-state index < -0.39 is 18.0 Å². The van der Waals surface area contributed by atoms with Crippen molar-refractivity contribution in [1.82, 2.24) is 14.9 Å². The molecule has 21 heavy (non-hydrogen) atoms. The Morgan fingerprint density at radius 3 is 3.19 bits per heavy atom. The molecule has 2 N–H and O–H groups in total. The van der Waals surface area contributed by atoms with Crippen LogP contribution in [0.3, 0.4) is 0 Å². The van der Waals surface area contributed by atoms with Gasteiger partial charge >= 0.3 is 5.97 Å². The summed E-state index contributed by atoms with van der Waals surface area (Å²) in [6.45, 7) is 2.18. The van der Waals surface area contributed by atoms with Crippen LogP contribution < -0.4 is 5.32 Å². The third kappa shape index (κ3) is 2.30. The zero-order chi connectivity index (χ0) is 15.0. The molecule has 0 saturated heterocycles. The van der Waals surface area contributed by atoms with Crippen LogP contribution in [0.5, 0.6) is 0 Å². The zero-order valence-electron chi connectivity index (χ0n) is 11.3. The predicted molar refractivity (Wildman–Crippen MR) is 71.3 cm³/mol. The molecule has 0 amide bonds. The van der Waals surface area contributed by atoms with Crippen LogP contribution in [0.25, 0.3) is 5.69 Å². The molecule has 6 nitrogen and oxygen atoms in total. The highest BCUT2D eigenvalue weighted by Crippen LogP contribution is 2.27. The lowest BCUT2D eigenvalue weighted by atomic mass is 10.1. The number of esters is 1. The highest BCUT2D eigenvalue weighted by atomic mass is 19.1. The summed E-state index contributed by atoms with van der Waals surface area (Å²) in [5.41, 5.74) is 1.72. The van der Waals surface area contributed by atoms with Crippen molar-refractivity contribution in [2.24, 2.45) is 0 Å². The Hall–Kier alpha value is -2.25. The van der Waals surface area contributed by atoms with Crippen LogP contribution in [0.1, 0.15) is 34.9 Å². The van der Waals surface area contributed by atoms with E-state index in [-0.39, 0.29) is 18.8 Å². The maximum Gasteiger partial charge on any atom is 0.358 e. The third-order valence-corrected chi connectivity index (χ3v) is 3.34. The van der Waals surface area contributed by atoms with Crippen molar-refractivity contribution in [3.8, 4) is 5.69 Å². The van der Waals surface area contributed by atoms with Gasteiger partial charge in [0.25, 0.3) is 0 Å². The summed E-state index contributed by atoms with van der Waals surface area (Å²) in [5.74, 6) is -0.961. The molecule has 2 aromatic rings. The van der Waals surface area contributed by atoms with E-state index >= 15 is 0 Å². The monoisotopic (exact) mass is 291 g/mol. The molecule has 1 aromatic heterocycles. The Kier molecular flexibility index (Phi) is 3.44. The number of nitrogens with zero attached hydrogens (tertiary/aromatic N) is 2. The lowest BCUT2D eigenvalue weighted by Gasteiger charge is -2.12. The molecule has 1 aromatic carbocycles. The smallest absolute Gasteiger partial charge is 0.358 e. The molecular formula is C14H14FN3O3. The predicted octanol–water partition coefficient (Wildman–Crippen LogP) is 1.28. The summed E-state index contributed by atoms with van der Waals surface area (Å²) in [5, 5.41) is 12.9. The first-order valence-corrected chi connectivity index (χ1v) is 6.56. The molecule has 0 aliphatic carbocycles. The Morgan fingerprint density at radius 1 is 1.62 bits per heavy atom. The number of benzene rings is 1. The minimum absolute atomic E-state index is 0.189. The molecule has 0 fully saturated rings. The fourth-order valence-electron chi connectivity index (χ4n) is 2.39. The Balaban J connectivity index is 2.13. The molecule has 0 saturated carbocycles. The lowest BCUT2D eigenvalue weighted by molar-refractivity contribution is 0.0517. The van der Waals surface area contributed by atoms with Crippen LogP contribution in [0, 0.1) is 5.82 Å². The number of imidazole rings is 1. The maximum atomic E-state index is 13.4. The Morgan fingerprint density at radius 2 is 2.43 bits per heavy atom. The van der Waals surface area contributed by atoms with Gasteiger partial charge in [0, 0.05) is 12.1 Å². The van der Waals surface area contributed by atoms with Gasteiger partial charge in [0.1, 0.15) is 18.4 Å². The molecule has 0 bridgehead atoms. The molecular weight excluding hydrogens is 277 g/mol. The molecule has 110 valence electrons. The topological polar surface area (TPSA) is 76.4 Å². The van der Waals surface area contributed by atoms with E-state index in [2.05, 4.69) is 10.3 Å². The minimum atomic E-state index is -1.02. The van der Waals surface area contributed by atoms with Gasteiger partial charge in [-0.2, -0.15) is 0 Å². The van der Waals surface area contributed by atoms with E-state index in [0.717, 1.165) is 0 Å². The van der Waals surface area contributed by atoms with Gasteiger partial charge < -0.3 is 14.4 Å². The van der Waals surface area contributed by atoms with Crippen LogP contribution in [-0.4, -0.2) is 27.2 Å². The first-order chi connectivity index (χ1) is 10.1. The number of aromatic nitrogens is 2. The number of rotatable bonds is 2. The van der Waals surface area contributed by atoms with Gasteiger partial charge in [0.05, 0.1) is 18.0 Å². The second-order valence-corrected chi connectivity index (χ2v) is 4.62. The van der Waals surface area contributed by atoms with Gasteiger partial charge in [0.15, 0.2) is 5.69 Å². The zero-order valence-corrected chi connectivity index (χ0v) is 11.3. The second kappa shape index (κ2) is 5.27. The van der Waals surface area contributed by atoms with Gasteiger partial charge in [0.2, 0.25) is 0 Å². The highest BCUT2D eigenvalue weighted by molar-refractivity contribution is 5.88. The first kappa shape index (κ1) is 13.7. The number of hydrogen-bond donors (Lipinski definition) is 2. The van der Waals surface area contributed by atoms with Crippen LogP contribution >= 0.6 is 0 Å². The van der Waals surface area contributed by atoms with Crippen molar-refractivity contribution >= 4 is 5.97 Å². The summed E-state index contributed by atoms with van der Waals surface area (Å²) in [7, 11) is 0. The Bertz CT molecular complexity index is 699. The number of hydrogen-bond acceptors (Lipinski definition) is 5. The second-order valence-electron chi connectivity index (χ2n) is 4.62. The van der Waals surface area contributed by atoms with E-state index in [1.165, 1.54) is 18.5 Å². The van der Waals surface area contributed by atoms with Crippen molar-refractivity contribution < 1.29 is 19.0 Å². The largest absolute Gasteiger partial charge is 0.461 e. The number of aliphatic hydroxyl groups is 1. The fraction of sp³-hybridized carbons (Fsp3) is 0.286. The van der Waals surface area contributed by atoms with E-state index in [0.29, 0.717) is 16.9 Å². The van der Waals surface area contributed by atoms with Crippen LogP contribution in [0.15, 0.2) is 24.5 Å². The van der Waals surface area contributed by atoms with Crippen molar-refractivity contribution in [2.45, 2.75) is 19.7 Å². The molecule has 7 heteroatoms. The van der Waals surface area contributed by atoms with Crippen molar-refractivity contribution in [2.75, 3.05) is 6.61 Å². The first-order valence-electron chi connectivity index (χ1n) is 6.56. The Labute approximate surface area is 120 Å². The van der Waals surface area contributed by atoms with E-state index in [1.807, 2.05) is 0 Å². The van der Waals surface area contributed by atoms with Crippen LogP contribution in [-0.2, 0) is 11.3 Å². The average Bonchev–Trinajstić information content (AvgIpc) is 2.83. The van der Waals surface area contributed by atoms with Crippen molar-refractivity contribution in [1.29, 1.82) is 0 Å². The summed E-state index contributed by atoms with van der Waals surface area (Å²) in [6.07, 6.45) is 0.448. The average molecular weight is 291 g/mol. The number of carbonyl (C=O) groups is 1. The normalized spacial score (nSPS) is 16.8. The van der Waals surface area contributed by atoms with E-state index in [9.17, 15) is 14.3 Å². The minimum Gasteiger partial charge on any atom is -0.461 e. The number of halogens is 1. The number of nitrogens with one attached hydrogen (secondary N) is 1. The van der Waals surface area contributed by atoms with Gasteiger partial charge in [-0.3, -0.25) is 5.32 Å². The quantitative estimate of drug-likeness (QED) is 0.815. The number of ether oxygens (including phenoxy) is 1. The van der Waals surface area contributed by atoms with Gasteiger partial charge in [-0.15, -0.1) is 0 Å².